The molecule has 6 heteroatoms. The van der Waals surface area contributed by atoms with Crippen LogP contribution in [0.1, 0.15) is 31.0 Å². The summed E-state index contributed by atoms with van der Waals surface area (Å²) in [6, 6.07) is 1.07. The Bertz CT molecular complexity index is 429. The lowest BCUT2D eigenvalue weighted by Crippen LogP contribution is -2.33. The van der Waals surface area contributed by atoms with E-state index in [1.165, 1.54) is 0 Å². The maximum Gasteiger partial charge on any atom is 0.416 e. The van der Waals surface area contributed by atoms with Gasteiger partial charge in [0, 0.05) is 23.6 Å². The second-order valence-corrected chi connectivity index (χ2v) is 4.86. The summed E-state index contributed by atoms with van der Waals surface area (Å²) in [5, 5.41) is 9.12. The topological polar surface area (TPSA) is 46.2 Å². The molecule has 0 unspecified atom stereocenters. The van der Waals surface area contributed by atoms with Gasteiger partial charge in [-0.1, -0.05) is 13.8 Å². The molecule has 1 aromatic rings. The summed E-state index contributed by atoms with van der Waals surface area (Å²) in [7, 11) is 0. The van der Waals surface area contributed by atoms with E-state index in [1.807, 2.05) is 0 Å². The van der Waals surface area contributed by atoms with Crippen molar-refractivity contribution < 1.29 is 22.7 Å². The molecule has 0 aliphatic rings. The van der Waals surface area contributed by atoms with E-state index in [4.69, 9.17) is 10.8 Å². The molecule has 0 aromatic heterocycles. The van der Waals surface area contributed by atoms with Gasteiger partial charge in [0.05, 0.1) is 5.56 Å². The molecule has 0 fully saturated rings. The van der Waals surface area contributed by atoms with Gasteiger partial charge < -0.3 is 10.8 Å². The highest BCUT2D eigenvalue weighted by Gasteiger charge is 2.34. The van der Waals surface area contributed by atoms with Crippen molar-refractivity contribution in [2.75, 3.05) is 6.61 Å². The zero-order valence-corrected chi connectivity index (χ0v) is 10.1. The molecule has 0 amide bonds. The van der Waals surface area contributed by atoms with Gasteiger partial charge in [-0.2, -0.15) is 13.2 Å². The predicted octanol–water partition coefficient (Wildman–Crippen LogP) is 2.86. The average Bonchev–Trinajstić information content (AvgIpc) is 2.27. The zero-order chi connectivity index (χ0) is 14.1. The van der Waals surface area contributed by atoms with Gasteiger partial charge >= 0.3 is 6.18 Å². The maximum absolute atomic E-state index is 13.5. The molecule has 0 aliphatic carbocycles. The molecule has 2 nitrogen and oxygen atoms in total. The van der Waals surface area contributed by atoms with Crippen LogP contribution in [0.15, 0.2) is 18.2 Å². The smallest absolute Gasteiger partial charge is 0.396 e. The SMILES string of the molecule is CC(C)(CO)[C@H](N)c1cc(C(F)(F)F)ccc1F. The first-order chi connectivity index (χ1) is 8.09. The van der Waals surface area contributed by atoms with Gasteiger partial charge in [-0.25, -0.2) is 4.39 Å². The fourth-order valence-electron chi connectivity index (χ4n) is 1.48. The van der Waals surface area contributed by atoms with Crippen molar-refractivity contribution >= 4 is 0 Å². The number of hydrogen-bond acceptors (Lipinski definition) is 2. The van der Waals surface area contributed by atoms with Crippen molar-refractivity contribution in [2.45, 2.75) is 26.1 Å². The Hall–Kier alpha value is -1.14. The molecule has 0 saturated carbocycles. The molecule has 0 heterocycles. The van der Waals surface area contributed by atoms with Crippen molar-refractivity contribution in [3.63, 3.8) is 0 Å². The molecule has 0 aliphatic heterocycles. The molecule has 3 N–H and O–H groups in total. The third-order valence-electron chi connectivity index (χ3n) is 2.91. The molecular weight excluding hydrogens is 250 g/mol. The Kier molecular flexibility index (Phi) is 4.02. The van der Waals surface area contributed by atoms with Crippen LogP contribution in [0.5, 0.6) is 0 Å². The Morgan fingerprint density at radius 1 is 1.28 bits per heavy atom. The van der Waals surface area contributed by atoms with E-state index < -0.39 is 29.0 Å². The van der Waals surface area contributed by atoms with Crippen molar-refractivity contribution in [3.8, 4) is 0 Å². The summed E-state index contributed by atoms with van der Waals surface area (Å²) in [6.07, 6.45) is -4.55. The van der Waals surface area contributed by atoms with E-state index in [0.717, 1.165) is 6.07 Å². The van der Waals surface area contributed by atoms with E-state index in [1.54, 1.807) is 13.8 Å². The van der Waals surface area contributed by atoms with Crippen molar-refractivity contribution in [1.29, 1.82) is 0 Å². The van der Waals surface area contributed by atoms with Gasteiger partial charge in [-0.15, -0.1) is 0 Å². The molecule has 0 spiro atoms. The van der Waals surface area contributed by atoms with E-state index in [0.29, 0.717) is 12.1 Å². The minimum atomic E-state index is -4.55. The van der Waals surface area contributed by atoms with E-state index in [2.05, 4.69) is 0 Å². The lowest BCUT2D eigenvalue weighted by molar-refractivity contribution is -0.137. The third-order valence-corrected chi connectivity index (χ3v) is 2.91. The first-order valence-corrected chi connectivity index (χ1v) is 5.32. The lowest BCUT2D eigenvalue weighted by atomic mass is 9.81. The highest BCUT2D eigenvalue weighted by Crippen LogP contribution is 2.36. The molecule has 102 valence electrons. The minimum Gasteiger partial charge on any atom is -0.396 e. The van der Waals surface area contributed by atoms with Gasteiger partial charge in [0.25, 0.3) is 0 Å². The van der Waals surface area contributed by atoms with Gasteiger partial charge in [0.15, 0.2) is 0 Å². The van der Waals surface area contributed by atoms with Crippen LogP contribution in [0, 0.1) is 11.2 Å². The number of aliphatic hydroxyl groups is 1. The van der Waals surface area contributed by atoms with Crippen LogP contribution in [0.4, 0.5) is 17.6 Å². The molecule has 0 bridgehead atoms. The summed E-state index contributed by atoms with van der Waals surface area (Å²) in [4.78, 5) is 0. The van der Waals surface area contributed by atoms with Crippen LogP contribution < -0.4 is 5.73 Å². The van der Waals surface area contributed by atoms with Crippen molar-refractivity contribution in [2.24, 2.45) is 11.1 Å². The standard InChI is InChI=1S/C12H15F4NO/c1-11(2,6-18)10(17)8-5-7(12(14,15)16)3-4-9(8)13/h3-5,10,18H,6,17H2,1-2H3/t10-/m1/s1. The molecule has 1 aromatic carbocycles. The van der Waals surface area contributed by atoms with Crippen LogP contribution >= 0.6 is 0 Å². The largest absolute Gasteiger partial charge is 0.416 e. The fourth-order valence-corrected chi connectivity index (χ4v) is 1.48. The number of hydrogen-bond donors (Lipinski definition) is 2. The number of rotatable bonds is 3. The summed E-state index contributed by atoms with van der Waals surface area (Å²) < 4.78 is 51.1. The maximum atomic E-state index is 13.5. The van der Waals surface area contributed by atoms with Crippen LogP contribution in [0.2, 0.25) is 0 Å². The number of halogens is 4. The second-order valence-electron chi connectivity index (χ2n) is 4.86. The van der Waals surface area contributed by atoms with E-state index in [-0.39, 0.29) is 12.2 Å². The summed E-state index contributed by atoms with van der Waals surface area (Å²) >= 11 is 0. The monoisotopic (exact) mass is 265 g/mol. The molecule has 0 radical (unpaired) electrons. The first-order valence-electron chi connectivity index (χ1n) is 5.32. The number of alkyl halides is 3. The van der Waals surface area contributed by atoms with E-state index in [9.17, 15) is 17.6 Å². The van der Waals surface area contributed by atoms with E-state index >= 15 is 0 Å². The van der Waals surface area contributed by atoms with Crippen LogP contribution in [-0.2, 0) is 6.18 Å². The van der Waals surface area contributed by atoms with Gasteiger partial charge in [0.2, 0.25) is 0 Å². The molecule has 18 heavy (non-hydrogen) atoms. The number of benzene rings is 1. The minimum absolute atomic E-state index is 0.246. The van der Waals surface area contributed by atoms with Crippen LogP contribution in [-0.4, -0.2) is 11.7 Å². The summed E-state index contributed by atoms with van der Waals surface area (Å²) in [6.45, 7) is 2.75. The normalized spacial score (nSPS) is 14.7. The Morgan fingerprint density at radius 2 is 1.83 bits per heavy atom. The molecular formula is C12H15F4NO. The molecule has 1 atom stereocenters. The van der Waals surface area contributed by atoms with Crippen molar-refractivity contribution in [1.82, 2.24) is 0 Å². The highest BCUT2D eigenvalue weighted by atomic mass is 19.4. The second kappa shape index (κ2) is 4.85. The first kappa shape index (κ1) is 14.9. The average molecular weight is 265 g/mol. The predicted molar refractivity (Wildman–Crippen MR) is 59.2 cm³/mol. The van der Waals surface area contributed by atoms with Gasteiger partial charge in [0.1, 0.15) is 5.82 Å². The van der Waals surface area contributed by atoms with Crippen LogP contribution in [0.25, 0.3) is 0 Å². The molecule has 0 saturated heterocycles. The Morgan fingerprint density at radius 3 is 2.28 bits per heavy atom. The van der Waals surface area contributed by atoms with Gasteiger partial charge in [-0.3, -0.25) is 0 Å². The Labute approximate surface area is 102 Å². The lowest BCUT2D eigenvalue weighted by Gasteiger charge is -2.30. The molecule has 1 rings (SSSR count). The van der Waals surface area contributed by atoms with Crippen LogP contribution in [0.3, 0.4) is 0 Å². The summed E-state index contributed by atoms with van der Waals surface area (Å²) in [5.41, 5.74) is 3.62. The highest BCUT2D eigenvalue weighted by molar-refractivity contribution is 5.30. The van der Waals surface area contributed by atoms with Gasteiger partial charge in [-0.05, 0) is 18.2 Å². The quantitative estimate of drug-likeness (QED) is 0.825. The Balaban J connectivity index is 3.24. The third kappa shape index (κ3) is 3.00. The zero-order valence-electron chi connectivity index (χ0n) is 10.1. The number of aliphatic hydroxyl groups excluding tert-OH is 1. The number of nitrogens with two attached hydrogens (primary N) is 1. The fraction of sp³-hybridized carbons (Fsp3) is 0.500. The summed E-state index contributed by atoms with van der Waals surface area (Å²) in [5.74, 6) is -0.808. The van der Waals surface area contributed by atoms with Crippen molar-refractivity contribution in [3.05, 3.63) is 35.1 Å².